The fraction of sp³-hybridized carbons (Fsp3) is 0.105. The minimum atomic E-state index is -0.739. The van der Waals surface area contributed by atoms with Crippen LogP contribution in [-0.2, 0) is 6.54 Å². The first-order valence-corrected chi connectivity index (χ1v) is 9.15. The van der Waals surface area contributed by atoms with Gasteiger partial charge in [0, 0.05) is 21.9 Å². The number of carbonyl (C=O) groups is 1. The molecule has 1 aliphatic rings. The zero-order valence-electron chi connectivity index (χ0n) is 14.7. The van der Waals surface area contributed by atoms with Crippen molar-refractivity contribution in [3.63, 3.8) is 0 Å². The highest BCUT2D eigenvalue weighted by Gasteiger charge is 2.17. The van der Waals surface area contributed by atoms with E-state index in [1.165, 1.54) is 18.2 Å². The molecule has 0 radical (unpaired) electrons. The van der Waals surface area contributed by atoms with Crippen molar-refractivity contribution in [2.24, 2.45) is 0 Å². The molecule has 2 N–H and O–H groups in total. The zero-order valence-corrected chi connectivity index (χ0v) is 16.2. The Bertz CT molecular complexity index is 1210. The zero-order chi connectivity index (χ0) is 20.5. The van der Waals surface area contributed by atoms with Crippen molar-refractivity contribution in [1.29, 1.82) is 0 Å². The lowest BCUT2D eigenvalue weighted by molar-refractivity contribution is 0.102. The van der Waals surface area contributed by atoms with Crippen LogP contribution in [0.25, 0.3) is 0 Å². The number of ether oxygens (including phenoxy) is 2. The Morgan fingerprint density at radius 1 is 1.07 bits per heavy atom. The lowest BCUT2D eigenvalue weighted by Crippen LogP contribution is -2.39. The number of hydrogen-bond donors (Lipinski definition) is 2. The first-order chi connectivity index (χ1) is 13.9. The predicted molar refractivity (Wildman–Crippen MR) is 107 cm³/mol. The van der Waals surface area contributed by atoms with Crippen molar-refractivity contribution >= 4 is 34.8 Å². The van der Waals surface area contributed by atoms with Crippen LogP contribution >= 0.6 is 23.2 Å². The van der Waals surface area contributed by atoms with E-state index in [4.69, 9.17) is 32.7 Å². The van der Waals surface area contributed by atoms with Gasteiger partial charge >= 0.3 is 5.69 Å². The fourth-order valence-corrected chi connectivity index (χ4v) is 3.39. The molecule has 2 aromatic carbocycles. The van der Waals surface area contributed by atoms with E-state index >= 15 is 0 Å². The molecule has 0 aliphatic carbocycles. The molecule has 29 heavy (non-hydrogen) atoms. The van der Waals surface area contributed by atoms with Crippen LogP contribution in [0.1, 0.15) is 15.9 Å². The summed E-state index contributed by atoms with van der Waals surface area (Å²) in [5, 5.41) is 3.20. The minimum Gasteiger partial charge on any atom is -0.454 e. The molecule has 3 aromatic rings. The van der Waals surface area contributed by atoms with Crippen LogP contribution in [0.4, 0.5) is 5.69 Å². The first kappa shape index (κ1) is 19.1. The molecule has 0 fully saturated rings. The highest BCUT2D eigenvalue weighted by atomic mass is 35.5. The summed E-state index contributed by atoms with van der Waals surface area (Å²) >= 11 is 11.8. The SMILES string of the molecule is O=C(Nc1cc(Cl)cc(Cl)c1)c1c[nH]c(=O)n(Cc2ccc3c(c2)OCO3)c1=O. The number of nitrogens with zero attached hydrogens (tertiary/aromatic N) is 1. The van der Waals surface area contributed by atoms with E-state index in [9.17, 15) is 14.4 Å². The van der Waals surface area contributed by atoms with Crippen molar-refractivity contribution in [1.82, 2.24) is 9.55 Å². The number of aromatic amines is 1. The average molecular weight is 434 g/mol. The maximum Gasteiger partial charge on any atom is 0.328 e. The van der Waals surface area contributed by atoms with Gasteiger partial charge in [0.2, 0.25) is 6.79 Å². The number of hydrogen-bond acceptors (Lipinski definition) is 5. The molecule has 1 aromatic heterocycles. The molecular formula is C19H13Cl2N3O5. The van der Waals surface area contributed by atoms with Gasteiger partial charge in [-0.3, -0.25) is 14.2 Å². The van der Waals surface area contributed by atoms with E-state index in [0.717, 1.165) is 10.8 Å². The number of H-pyrrole nitrogens is 1. The summed E-state index contributed by atoms with van der Waals surface area (Å²) in [6.45, 7) is 0.0669. The van der Waals surface area contributed by atoms with Crippen molar-refractivity contribution in [2.45, 2.75) is 6.54 Å². The molecule has 0 saturated heterocycles. The Hall–Kier alpha value is -3.23. The van der Waals surface area contributed by atoms with E-state index < -0.39 is 17.2 Å². The van der Waals surface area contributed by atoms with Crippen LogP contribution < -0.4 is 26.0 Å². The lowest BCUT2D eigenvalue weighted by atomic mass is 10.2. The molecule has 0 bridgehead atoms. The quantitative estimate of drug-likeness (QED) is 0.658. The van der Waals surface area contributed by atoms with Gasteiger partial charge in [0.25, 0.3) is 11.5 Å². The third-order valence-corrected chi connectivity index (χ3v) is 4.64. The molecule has 1 amide bonds. The molecule has 0 saturated carbocycles. The van der Waals surface area contributed by atoms with Crippen molar-refractivity contribution < 1.29 is 14.3 Å². The number of carbonyl (C=O) groups excluding carboxylic acids is 1. The molecule has 4 rings (SSSR count). The Labute approximate surface area is 173 Å². The summed E-state index contributed by atoms with van der Waals surface area (Å²) in [5.74, 6) is 0.408. The monoisotopic (exact) mass is 433 g/mol. The van der Waals surface area contributed by atoms with Crippen LogP contribution in [0, 0.1) is 0 Å². The first-order valence-electron chi connectivity index (χ1n) is 8.39. The second-order valence-electron chi connectivity index (χ2n) is 6.20. The average Bonchev–Trinajstić information content (AvgIpc) is 3.12. The van der Waals surface area contributed by atoms with E-state index in [1.807, 2.05) is 0 Å². The second-order valence-corrected chi connectivity index (χ2v) is 7.07. The second kappa shape index (κ2) is 7.65. The van der Waals surface area contributed by atoms with Crippen LogP contribution in [0.15, 0.2) is 52.2 Å². The molecule has 2 heterocycles. The van der Waals surface area contributed by atoms with Gasteiger partial charge < -0.3 is 19.8 Å². The Morgan fingerprint density at radius 2 is 1.79 bits per heavy atom. The highest BCUT2D eigenvalue weighted by Crippen LogP contribution is 2.32. The van der Waals surface area contributed by atoms with E-state index in [0.29, 0.717) is 32.8 Å². The van der Waals surface area contributed by atoms with Crippen LogP contribution in [0.2, 0.25) is 10.0 Å². The van der Waals surface area contributed by atoms with Gasteiger partial charge in [-0.25, -0.2) is 4.79 Å². The van der Waals surface area contributed by atoms with Gasteiger partial charge in [-0.1, -0.05) is 29.3 Å². The van der Waals surface area contributed by atoms with Gasteiger partial charge in [-0.05, 0) is 35.9 Å². The van der Waals surface area contributed by atoms with Crippen molar-refractivity contribution in [3.8, 4) is 11.5 Å². The van der Waals surface area contributed by atoms with Gasteiger partial charge in [-0.2, -0.15) is 0 Å². The van der Waals surface area contributed by atoms with Crippen molar-refractivity contribution in [3.05, 3.63) is 84.6 Å². The summed E-state index contributed by atoms with van der Waals surface area (Å²) < 4.78 is 11.5. The van der Waals surface area contributed by atoms with E-state index in [-0.39, 0.29) is 18.9 Å². The smallest absolute Gasteiger partial charge is 0.328 e. The maximum absolute atomic E-state index is 12.8. The summed E-state index contributed by atoms with van der Waals surface area (Å²) in [4.78, 5) is 39.9. The predicted octanol–water partition coefficient (Wildman–Crippen LogP) is 2.87. The third kappa shape index (κ3) is 3.98. The third-order valence-electron chi connectivity index (χ3n) is 4.20. The van der Waals surface area contributed by atoms with Gasteiger partial charge in [0.05, 0.1) is 6.54 Å². The van der Waals surface area contributed by atoms with E-state index in [1.54, 1.807) is 18.2 Å². The van der Waals surface area contributed by atoms with Gasteiger partial charge in [-0.15, -0.1) is 0 Å². The summed E-state index contributed by atoms with van der Waals surface area (Å²) in [6.07, 6.45) is 1.07. The molecule has 0 unspecified atom stereocenters. The molecule has 0 spiro atoms. The van der Waals surface area contributed by atoms with Gasteiger partial charge in [0.1, 0.15) is 5.56 Å². The topological polar surface area (TPSA) is 102 Å². The molecule has 148 valence electrons. The van der Waals surface area contributed by atoms with Crippen LogP contribution in [0.5, 0.6) is 11.5 Å². The van der Waals surface area contributed by atoms with Gasteiger partial charge in [0.15, 0.2) is 11.5 Å². The number of anilines is 1. The van der Waals surface area contributed by atoms with Crippen molar-refractivity contribution in [2.75, 3.05) is 12.1 Å². The summed E-state index contributed by atoms with van der Waals surface area (Å²) in [5.41, 5.74) is -0.657. The number of benzene rings is 2. The maximum atomic E-state index is 12.8. The molecule has 10 heteroatoms. The molecule has 0 atom stereocenters. The van der Waals surface area contributed by atoms with E-state index in [2.05, 4.69) is 10.3 Å². The fourth-order valence-electron chi connectivity index (χ4n) is 2.86. The summed E-state index contributed by atoms with van der Waals surface area (Å²) in [6, 6.07) is 9.56. The minimum absolute atomic E-state index is 0.0467. The standard InChI is InChI=1S/C19H13Cl2N3O5/c20-11-4-12(21)6-13(5-11)23-17(25)14-7-22-19(27)24(18(14)26)8-10-1-2-15-16(3-10)29-9-28-15/h1-7H,8-9H2,(H,22,27)(H,23,25). The number of halogens is 2. The normalized spacial score (nSPS) is 12.1. The number of rotatable bonds is 4. The highest BCUT2D eigenvalue weighted by molar-refractivity contribution is 6.35. The molecule has 1 aliphatic heterocycles. The number of amides is 1. The number of aromatic nitrogens is 2. The summed E-state index contributed by atoms with van der Waals surface area (Å²) in [7, 11) is 0. The Kier molecular flexibility index (Phi) is 5.04. The number of nitrogens with one attached hydrogen (secondary N) is 2. The van der Waals surface area contributed by atoms with Crippen LogP contribution in [0.3, 0.4) is 0 Å². The Balaban J connectivity index is 1.63. The largest absolute Gasteiger partial charge is 0.454 e. The van der Waals surface area contributed by atoms with Crippen LogP contribution in [-0.4, -0.2) is 22.3 Å². The number of fused-ring (bicyclic) bond motifs is 1. The lowest BCUT2D eigenvalue weighted by Gasteiger charge is -2.09. The molecular weight excluding hydrogens is 421 g/mol. The molecule has 8 nitrogen and oxygen atoms in total. The Morgan fingerprint density at radius 3 is 2.55 bits per heavy atom.